The SMILES string of the molecule is Clc1ccc(Nc2ccc3ccccc3c2)cc1. The van der Waals surface area contributed by atoms with Gasteiger partial charge in [0.2, 0.25) is 0 Å². The summed E-state index contributed by atoms with van der Waals surface area (Å²) >= 11 is 5.86. The first-order valence-corrected chi connectivity index (χ1v) is 6.20. The molecule has 0 saturated carbocycles. The molecular formula is C16H12ClN. The second kappa shape index (κ2) is 4.71. The highest BCUT2D eigenvalue weighted by Crippen LogP contribution is 2.23. The van der Waals surface area contributed by atoms with E-state index in [1.165, 1.54) is 10.8 Å². The highest BCUT2D eigenvalue weighted by Gasteiger charge is 1.97. The predicted octanol–water partition coefficient (Wildman–Crippen LogP) is 5.24. The lowest BCUT2D eigenvalue weighted by Gasteiger charge is -2.07. The van der Waals surface area contributed by atoms with Gasteiger partial charge in [0.15, 0.2) is 0 Å². The van der Waals surface area contributed by atoms with Gasteiger partial charge < -0.3 is 5.32 Å². The van der Waals surface area contributed by atoms with Gasteiger partial charge in [0.1, 0.15) is 0 Å². The first kappa shape index (κ1) is 11.1. The standard InChI is InChI=1S/C16H12ClN/c17-14-6-9-15(10-7-14)18-16-8-5-12-3-1-2-4-13(12)11-16/h1-11,18H. The normalized spacial score (nSPS) is 10.5. The van der Waals surface area contributed by atoms with Crippen molar-refractivity contribution in [1.82, 2.24) is 0 Å². The summed E-state index contributed by atoms with van der Waals surface area (Å²) in [6.45, 7) is 0. The average molecular weight is 254 g/mol. The van der Waals surface area contributed by atoms with Crippen LogP contribution in [0.1, 0.15) is 0 Å². The fourth-order valence-electron chi connectivity index (χ4n) is 1.97. The maximum absolute atomic E-state index is 5.86. The van der Waals surface area contributed by atoms with Gasteiger partial charge in [-0.25, -0.2) is 0 Å². The first-order valence-electron chi connectivity index (χ1n) is 5.83. The maximum atomic E-state index is 5.86. The van der Waals surface area contributed by atoms with E-state index in [0.29, 0.717) is 0 Å². The summed E-state index contributed by atoms with van der Waals surface area (Å²) in [6.07, 6.45) is 0. The van der Waals surface area contributed by atoms with E-state index in [0.717, 1.165) is 16.4 Å². The third-order valence-corrected chi connectivity index (χ3v) is 3.13. The molecule has 2 heteroatoms. The Morgan fingerprint density at radius 1 is 0.667 bits per heavy atom. The Hall–Kier alpha value is -1.99. The second-order valence-electron chi connectivity index (χ2n) is 4.19. The molecule has 0 unspecified atom stereocenters. The molecule has 0 aromatic heterocycles. The van der Waals surface area contributed by atoms with E-state index >= 15 is 0 Å². The summed E-state index contributed by atoms with van der Waals surface area (Å²) in [5, 5.41) is 6.60. The van der Waals surface area contributed by atoms with Gasteiger partial charge in [0.05, 0.1) is 0 Å². The Morgan fingerprint density at radius 3 is 2.11 bits per heavy atom. The van der Waals surface area contributed by atoms with Crippen LogP contribution in [0.3, 0.4) is 0 Å². The van der Waals surface area contributed by atoms with Crippen molar-refractivity contribution in [2.75, 3.05) is 5.32 Å². The molecule has 18 heavy (non-hydrogen) atoms. The predicted molar refractivity (Wildman–Crippen MR) is 78.7 cm³/mol. The molecule has 3 aromatic rings. The van der Waals surface area contributed by atoms with Crippen molar-refractivity contribution >= 4 is 33.7 Å². The van der Waals surface area contributed by atoms with E-state index in [2.05, 4.69) is 47.8 Å². The van der Waals surface area contributed by atoms with Gasteiger partial charge in [-0.1, -0.05) is 41.9 Å². The van der Waals surface area contributed by atoms with Crippen LogP contribution in [0.2, 0.25) is 5.02 Å². The molecule has 0 amide bonds. The molecule has 1 N–H and O–H groups in total. The first-order chi connectivity index (χ1) is 8.81. The quantitative estimate of drug-likeness (QED) is 0.659. The van der Waals surface area contributed by atoms with E-state index in [-0.39, 0.29) is 0 Å². The molecule has 88 valence electrons. The number of benzene rings is 3. The zero-order valence-corrected chi connectivity index (χ0v) is 10.5. The van der Waals surface area contributed by atoms with Gasteiger partial charge in [-0.2, -0.15) is 0 Å². The van der Waals surface area contributed by atoms with Gasteiger partial charge in [-0.05, 0) is 47.2 Å². The van der Waals surface area contributed by atoms with Crippen LogP contribution in [-0.4, -0.2) is 0 Å². The summed E-state index contributed by atoms with van der Waals surface area (Å²) in [5.41, 5.74) is 2.12. The molecular weight excluding hydrogens is 242 g/mol. The Balaban J connectivity index is 1.92. The molecule has 1 nitrogen and oxygen atoms in total. The highest BCUT2D eigenvalue weighted by molar-refractivity contribution is 6.30. The lowest BCUT2D eigenvalue weighted by atomic mass is 10.1. The van der Waals surface area contributed by atoms with Gasteiger partial charge in [0, 0.05) is 16.4 Å². The number of fused-ring (bicyclic) bond motifs is 1. The monoisotopic (exact) mass is 253 g/mol. The van der Waals surface area contributed by atoms with Crippen LogP contribution in [0.4, 0.5) is 11.4 Å². The lowest BCUT2D eigenvalue weighted by Crippen LogP contribution is -1.89. The summed E-state index contributed by atoms with van der Waals surface area (Å²) in [5.74, 6) is 0. The van der Waals surface area contributed by atoms with Crippen LogP contribution in [0.15, 0.2) is 66.7 Å². The van der Waals surface area contributed by atoms with Crippen LogP contribution in [-0.2, 0) is 0 Å². The Labute approximate surface area is 111 Å². The molecule has 0 spiro atoms. The van der Waals surface area contributed by atoms with E-state index in [4.69, 9.17) is 11.6 Å². The van der Waals surface area contributed by atoms with Gasteiger partial charge >= 0.3 is 0 Å². The van der Waals surface area contributed by atoms with Crippen molar-refractivity contribution in [1.29, 1.82) is 0 Å². The summed E-state index contributed by atoms with van der Waals surface area (Å²) in [4.78, 5) is 0. The van der Waals surface area contributed by atoms with Crippen molar-refractivity contribution in [2.45, 2.75) is 0 Å². The summed E-state index contributed by atoms with van der Waals surface area (Å²) in [7, 11) is 0. The molecule has 3 aromatic carbocycles. The van der Waals surface area contributed by atoms with Crippen LogP contribution < -0.4 is 5.32 Å². The zero-order chi connectivity index (χ0) is 12.4. The van der Waals surface area contributed by atoms with E-state index in [9.17, 15) is 0 Å². The van der Waals surface area contributed by atoms with E-state index in [1.807, 2.05) is 24.3 Å². The van der Waals surface area contributed by atoms with Gasteiger partial charge in [-0.15, -0.1) is 0 Å². The van der Waals surface area contributed by atoms with E-state index < -0.39 is 0 Å². The lowest BCUT2D eigenvalue weighted by molar-refractivity contribution is 1.57. The number of anilines is 2. The van der Waals surface area contributed by atoms with Crippen LogP contribution >= 0.6 is 11.6 Å². The van der Waals surface area contributed by atoms with Crippen molar-refractivity contribution in [3.8, 4) is 0 Å². The van der Waals surface area contributed by atoms with Crippen molar-refractivity contribution < 1.29 is 0 Å². The molecule has 0 saturated heterocycles. The second-order valence-corrected chi connectivity index (χ2v) is 4.63. The molecule has 0 fully saturated rings. The van der Waals surface area contributed by atoms with Crippen molar-refractivity contribution in [3.05, 3.63) is 71.8 Å². The van der Waals surface area contributed by atoms with E-state index in [1.54, 1.807) is 0 Å². The number of halogens is 1. The van der Waals surface area contributed by atoms with Gasteiger partial charge in [0.25, 0.3) is 0 Å². The van der Waals surface area contributed by atoms with Crippen LogP contribution in [0.25, 0.3) is 10.8 Å². The molecule has 0 aliphatic carbocycles. The van der Waals surface area contributed by atoms with Crippen LogP contribution in [0, 0.1) is 0 Å². The number of nitrogens with one attached hydrogen (secondary N) is 1. The van der Waals surface area contributed by atoms with Gasteiger partial charge in [-0.3, -0.25) is 0 Å². The smallest absolute Gasteiger partial charge is 0.0407 e. The molecule has 0 heterocycles. The topological polar surface area (TPSA) is 12.0 Å². The molecule has 0 bridgehead atoms. The molecule has 0 atom stereocenters. The number of rotatable bonds is 2. The number of hydrogen-bond acceptors (Lipinski definition) is 1. The van der Waals surface area contributed by atoms with Crippen LogP contribution in [0.5, 0.6) is 0 Å². The van der Waals surface area contributed by atoms with Crippen molar-refractivity contribution in [3.63, 3.8) is 0 Å². The Bertz CT molecular complexity index is 674. The molecule has 3 rings (SSSR count). The minimum Gasteiger partial charge on any atom is -0.356 e. The molecule has 0 aliphatic heterocycles. The fraction of sp³-hybridized carbons (Fsp3) is 0. The molecule has 0 aliphatic rings. The Kier molecular flexibility index (Phi) is 2.91. The Morgan fingerprint density at radius 2 is 1.33 bits per heavy atom. The van der Waals surface area contributed by atoms with Crippen molar-refractivity contribution in [2.24, 2.45) is 0 Å². The number of hydrogen-bond donors (Lipinski definition) is 1. The summed E-state index contributed by atoms with van der Waals surface area (Å²) < 4.78 is 0. The summed E-state index contributed by atoms with van der Waals surface area (Å²) in [6, 6.07) is 22.4. The fourth-order valence-corrected chi connectivity index (χ4v) is 2.09. The zero-order valence-electron chi connectivity index (χ0n) is 9.73. The minimum absolute atomic E-state index is 0.749. The third-order valence-electron chi connectivity index (χ3n) is 2.88. The maximum Gasteiger partial charge on any atom is 0.0407 e. The largest absolute Gasteiger partial charge is 0.356 e. The average Bonchev–Trinajstić information content (AvgIpc) is 2.41. The third kappa shape index (κ3) is 2.31. The molecule has 0 radical (unpaired) electrons. The highest BCUT2D eigenvalue weighted by atomic mass is 35.5. The minimum atomic E-state index is 0.749.